The van der Waals surface area contributed by atoms with Crippen LogP contribution in [0.3, 0.4) is 0 Å². The highest BCUT2D eigenvalue weighted by Gasteiger charge is 2.22. The average Bonchev–Trinajstić information content (AvgIpc) is 2.45. The van der Waals surface area contributed by atoms with Crippen LogP contribution in [0.4, 0.5) is 4.39 Å². The standard InChI is InChI=1S/C15H19FN2O2S/c1-10-8-17-5-6-18(10)15(20)9-21-12-3-4-13(11(2)19)14(16)7-12/h3-4,7,10,17H,5-6,8-9H2,1-2H3/t10-/m1/s1. The molecule has 1 N–H and O–H groups in total. The third kappa shape index (κ3) is 4.04. The van der Waals surface area contributed by atoms with Gasteiger partial charge in [-0.1, -0.05) is 0 Å². The number of nitrogens with one attached hydrogen (secondary N) is 1. The maximum absolute atomic E-state index is 13.7. The molecular weight excluding hydrogens is 291 g/mol. The van der Waals surface area contributed by atoms with Gasteiger partial charge in [0.2, 0.25) is 5.91 Å². The minimum Gasteiger partial charge on any atom is -0.337 e. The van der Waals surface area contributed by atoms with Gasteiger partial charge in [0.15, 0.2) is 5.78 Å². The monoisotopic (exact) mass is 310 g/mol. The molecule has 1 amide bonds. The van der Waals surface area contributed by atoms with E-state index in [1.165, 1.54) is 30.8 Å². The van der Waals surface area contributed by atoms with E-state index in [9.17, 15) is 14.0 Å². The number of carbonyl (C=O) groups is 2. The molecule has 0 saturated carbocycles. The van der Waals surface area contributed by atoms with Crippen molar-refractivity contribution in [2.45, 2.75) is 24.8 Å². The number of rotatable bonds is 4. The van der Waals surface area contributed by atoms with Gasteiger partial charge in [0.25, 0.3) is 0 Å². The summed E-state index contributed by atoms with van der Waals surface area (Å²) in [6, 6.07) is 4.65. The molecule has 0 radical (unpaired) electrons. The van der Waals surface area contributed by atoms with E-state index in [4.69, 9.17) is 0 Å². The van der Waals surface area contributed by atoms with Crippen LogP contribution in [0, 0.1) is 5.82 Å². The molecule has 2 rings (SSSR count). The Labute approximate surface area is 128 Å². The van der Waals surface area contributed by atoms with E-state index in [-0.39, 0.29) is 29.0 Å². The number of thioether (sulfide) groups is 1. The van der Waals surface area contributed by atoms with E-state index in [1.54, 1.807) is 6.07 Å². The molecule has 4 nitrogen and oxygen atoms in total. The van der Waals surface area contributed by atoms with Crippen LogP contribution in [-0.4, -0.2) is 48.0 Å². The van der Waals surface area contributed by atoms with Crippen molar-refractivity contribution in [3.8, 4) is 0 Å². The molecule has 1 aromatic carbocycles. The minimum atomic E-state index is -0.532. The molecule has 1 heterocycles. The Kier molecular flexibility index (Phi) is 5.36. The Morgan fingerprint density at radius 3 is 2.86 bits per heavy atom. The van der Waals surface area contributed by atoms with Crippen LogP contribution in [0.15, 0.2) is 23.1 Å². The molecule has 1 aliphatic heterocycles. The fourth-order valence-corrected chi connectivity index (χ4v) is 3.12. The van der Waals surface area contributed by atoms with Gasteiger partial charge in [-0.15, -0.1) is 11.8 Å². The Bertz CT molecular complexity index is 550. The Hall–Kier alpha value is -1.40. The molecular formula is C15H19FN2O2S. The lowest BCUT2D eigenvalue weighted by Crippen LogP contribution is -2.52. The summed E-state index contributed by atoms with van der Waals surface area (Å²) in [5.41, 5.74) is 0.0846. The maximum atomic E-state index is 13.7. The van der Waals surface area contributed by atoms with Gasteiger partial charge in [0.1, 0.15) is 5.82 Å². The first kappa shape index (κ1) is 16.0. The van der Waals surface area contributed by atoms with Crippen molar-refractivity contribution in [1.29, 1.82) is 0 Å². The summed E-state index contributed by atoms with van der Waals surface area (Å²) >= 11 is 1.30. The Balaban J connectivity index is 1.95. The van der Waals surface area contributed by atoms with E-state index in [1.807, 2.05) is 11.8 Å². The van der Waals surface area contributed by atoms with Crippen molar-refractivity contribution in [2.24, 2.45) is 0 Å². The summed E-state index contributed by atoms with van der Waals surface area (Å²) < 4.78 is 13.7. The first-order chi connectivity index (χ1) is 9.99. The van der Waals surface area contributed by atoms with Gasteiger partial charge in [0, 0.05) is 30.6 Å². The molecule has 21 heavy (non-hydrogen) atoms. The van der Waals surface area contributed by atoms with Gasteiger partial charge in [-0.25, -0.2) is 4.39 Å². The SMILES string of the molecule is CC(=O)c1ccc(SCC(=O)N2CCNC[C@H]2C)cc1F. The minimum absolute atomic E-state index is 0.0602. The third-order valence-corrected chi connectivity index (χ3v) is 4.48. The number of piperazine rings is 1. The van der Waals surface area contributed by atoms with E-state index in [0.29, 0.717) is 11.4 Å². The normalized spacial score (nSPS) is 18.6. The van der Waals surface area contributed by atoms with Crippen molar-refractivity contribution < 1.29 is 14.0 Å². The third-order valence-electron chi connectivity index (χ3n) is 3.50. The quantitative estimate of drug-likeness (QED) is 0.682. The van der Waals surface area contributed by atoms with E-state index in [0.717, 1.165) is 13.1 Å². The first-order valence-corrected chi connectivity index (χ1v) is 7.91. The number of halogens is 1. The van der Waals surface area contributed by atoms with E-state index >= 15 is 0 Å². The highest BCUT2D eigenvalue weighted by atomic mass is 32.2. The highest BCUT2D eigenvalue weighted by molar-refractivity contribution is 8.00. The van der Waals surface area contributed by atoms with Crippen LogP contribution in [0.2, 0.25) is 0 Å². The molecule has 1 atom stereocenters. The Morgan fingerprint density at radius 2 is 2.24 bits per heavy atom. The number of ketones is 1. The summed E-state index contributed by atoms with van der Waals surface area (Å²) in [6.07, 6.45) is 0. The van der Waals surface area contributed by atoms with E-state index in [2.05, 4.69) is 5.32 Å². The second kappa shape index (κ2) is 7.04. The van der Waals surface area contributed by atoms with Crippen molar-refractivity contribution in [3.63, 3.8) is 0 Å². The number of amides is 1. The first-order valence-electron chi connectivity index (χ1n) is 6.92. The van der Waals surface area contributed by atoms with Crippen molar-refractivity contribution >= 4 is 23.5 Å². The van der Waals surface area contributed by atoms with Gasteiger partial charge in [0.05, 0.1) is 11.3 Å². The molecule has 1 fully saturated rings. The number of nitrogens with zero attached hydrogens (tertiary/aromatic N) is 1. The number of hydrogen-bond donors (Lipinski definition) is 1. The molecule has 1 aromatic rings. The van der Waals surface area contributed by atoms with Crippen LogP contribution < -0.4 is 5.32 Å². The van der Waals surface area contributed by atoms with Crippen LogP contribution in [0.25, 0.3) is 0 Å². The Morgan fingerprint density at radius 1 is 1.48 bits per heavy atom. The number of carbonyl (C=O) groups excluding carboxylic acids is 2. The average molecular weight is 310 g/mol. The van der Waals surface area contributed by atoms with Crippen molar-refractivity contribution in [3.05, 3.63) is 29.6 Å². The predicted octanol–water partition coefficient (Wildman–Crippen LogP) is 1.94. The van der Waals surface area contributed by atoms with E-state index < -0.39 is 5.82 Å². The van der Waals surface area contributed by atoms with Crippen LogP contribution in [0.1, 0.15) is 24.2 Å². The second-order valence-electron chi connectivity index (χ2n) is 5.13. The van der Waals surface area contributed by atoms with Gasteiger partial charge >= 0.3 is 0 Å². The molecule has 0 unspecified atom stereocenters. The lowest BCUT2D eigenvalue weighted by atomic mass is 10.1. The van der Waals surface area contributed by atoms with Crippen molar-refractivity contribution in [1.82, 2.24) is 10.2 Å². The zero-order chi connectivity index (χ0) is 15.4. The topological polar surface area (TPSA) is 49.4 Å². The summed E-state index contributed by atoms with van der Waals surface area (Å²) in [6.45, 7) is 5.66. The van der Waals surface area contributed by atoms with Gasteiger partial charge in [-0.3, -0.25) is 9.59 Å². The van der Waals surface area contributed by atoms with Crippen molar-refractivity contribution in [2.75, 3.05) is 25.4 Å². The summed E-state index contributed by atoms with van der Waals surface area (Å²) in [4.78, 5) is 25.9. The molecule has 114 valence electrons. The lowest BCUT2D eigenvalue weighted by molar-refractivity contribution is -0.131. The fourth-order valence-electron chi connectivity index (χ4n) is 2.31. The van der Waals surface area contributed by atoms with Gasteiger partial charge < -0.3 is 10.2 Å². The number of benzene rings is 1. The summed E-state index contributed by atoms with van der Waals surface area (Å²) in [5, 5.41) is 3.24. The zero-order valence-electron chi connectivity index (χ0n) is 12.2. The predicted molar refractivity (Wildman–Crippen MR) is 81.2 cm³/mol. The lowest BCUT2D eigenvalue weighted by Gasteiger charge is -2.33. The molecule has 1 aliphatic rings. The molecule has 0 bridgehead atoms. The highest BCUT2D eigenvalue weighted by Crippen LogP contribution is 2.22. The fraction of sp³-hybridized carbons (Fsp3) is 0.467. The number of Topliss-reactive ketones (excluding diaryl/α,β-unsaturated/α-hetero) is 1. The smallest absolute Gasteiger partial charge is 0.233 e. The zero-order valence-corrected chi connectivity index (χ0v) is 13.0. The molecule has 1 saturated heterocycles. The summed E-state index contributed by atoms with van der Waals surface area (Å²) in [7, 11) is 0. The van der Waals surface area contributed by atoms with Crippen LogP contribution in [0.5, 0.6) is 0 Å². The summed E-state index contributed by atoms with van der Waals surface area (Å²) in [5.74, 6) is -0.487. The van der Waals surface area contributed by atoms with Gasteiger partial charge in [-0.05, 0) is 32.0 Å². The van der Waals surface area contributed by atoms with Crippen LogP contribution in [-0.2, 0) is 4.79 Å². The molecule has 0 spiro atoms. The molecule has 6 heteroatoms. The second-order valence-corrected chi connectivity index (χ2v) is 6.18. The van der Waals surface area contributed by atoms with Crippen LogP contribution >= 0.6 is 11.8 Å². The molecule has 0 aromatic heterocycles. The largest absolute Gasteiger partial charge is 0.337 e. The maximum Gasteiger partial charge on any atom is 0.233 e. The van der Waals surface area contributed by atoms with Gasteiger partial charge in [-0.2, -0.15) is 0 Å². The number of hydrogen-bond acceptors (Lipinski definition) is 4. The molecule has 0 aliphatic carbocycles.